The van der Waals surface area contributed by atoms with Gasteiger partial charge >= 0.3 is 12.1 Å². The van der Waals surface area contributed by atoms with Gasteiger partial charge in [-0.05, 0) is 42.7 Å². The number of benzene rings is 1. The number of hydrogen-bond acceptors (Lipinski definition) is 8. The number of rotatable bonds is 4. The quantitative estimate of drug-likeness (QED) is 0.313. The second-order valence-corrected chi connectivity index (χ2v) is 10.0. The summed E-state index contributed by atoms with van der Waals surface area (Å²) in [5.41, 5.74) is 2.20. The Hall–Kier alpha value is -4.41. The first-order chi connectivity index (χ1) is 18.8. The zero-order valence-electron chi connectivity index (χ0n) is 21.7. The van der Waals surface area contributed by atoms with Crippen LogP contribution < -0.4 is 5.56 Å². The van der Waals surface area contributed by atoms with E-state index in [0.29, 0.717) is 48.5 Å². The molecular formula is C28H28N4O7. The number of esters is 1. The summed E-state index contributed by atoms with van der Waals surface area (Å²) in [4.78, 5) is 59.2. The van der Waals surface area contributed by atoms with Crippen molar-refractivity contribution in [1.29, 1.82) is 0 Å². The number of piperazine rings is 1. The van der Waals surface area contributed by atoms with Crippen molar-refractivity contribution in [3.63, 3.8) is 0 Å². The highest BCUT2D eigenvalue weighted by Crippen LogP contribution is 2.42. The molecule has 11 nitrogen and oxygen atoms in total. The maximum Gasteiger partial charge on any atom is 0.411 e. The first-order valence-electron chi connectivity index (χ1n) is 13.1. The summed E-state index contributed by atoms with van der Waals surface area (Å²) in [6.45, 7) is 5.07. The molecule has 0 bridgehead atoms. The first-order valence-corrected chi connectivity index (χ1v) is 13.1. The molecule has 3 aliphatic heterocycles. The van der Waals surface area contributed by atoms with E-state index in [-0.39, 0.29) is 43.0 Å². The molecule has 0 saturated carbocycles. The lowest BCUT2D eigenvalue weighted by molar-refractivity contribution is -0.173. The molecule has 1 aromatic carbocycles. The van der Waals surface area contributed by atoms with E-state index in [2.05, 4.69) is 0 Å². The van der Waals surface area contributed by atoms with Crippen LogP contribution in [0.5, 0.6) is 5.75 Å². The molecule has 1 saturated heterocycles. The fourth-order valence-electron chi connectivity index (χ4n) is 5.93. The van der Waals surface area contributed by atoms with Crippen molar-refractivity contribution in [2.24, 2.45) is 0 Å². The van der Waals surface area contributed by atoms with Crippen LogP contribution in [0.4, 0.5) is 4.79 Å². The smallest absolute Gasteiger partial charge is 0.411 e. The van der Waals surface area contributed by atoms with Crippen molar-refractivity contribution in [3.8, 4) is 17.1 Å². The van der Waals surface area contributed by atoms with Gasteiger partial charge in [0.05, 0.1) is 29.0 Å². The zero-order valence-corrected chi connectivity index (χ0v) is 21.7. The topological polar surface area (TPSA) is 131 Å². The molecule has 1 atom stereocenters. The normalized spacial score (nSPS) is 19.8. The summed E-state index contributed by atoms with van der Waals surface area (Å²) in [5.74, 6) is -0.587. The highest BCUT2D eigenvalue weighted by atomic mass is 16.6. The van der Waals surface area contributed by atoms with Crippen LogP contribution in [0.2, 0.25) is 0 Å². The van der Waals surface area contributed by atoms with Gasteiger partial charge in [-0.25, -0.2) is 14.6 Å². The van der Waals surface area contributed by atoms with E-state index in [4.69, 9.17) is 14.5 Å². The van der Waals surface area contributed by atoms with Crippen molar-refractivity contribution in [2.75, 3.05) is 26.2 Å². The van der Waals surface area contributed by atoms with Gasteiger partial charge < -0.3 is 28.9 Å². The molecule has 1 N–H and O–H groups in total. The fourth-order valence-corrected chi connectivity index (χ4v) is 5.93. The molecule has 2 aromatic heterocycles. The molecule has 1 fully saturated rings. The lowest BCUT2D eigenvalue weighted by atomic mass is 9.85. The lowest BCUT2D eigenvalue weighted by Crippen LogP contribution is -2.53. The predicted molar refractivity (Wildman–Crippen MR) is 139 cm³/mol. The third-order valence-electron chi connectivity index (χ3n) is 8.09. The molecule has 0 aliphatic carbocycles. The van der Waals surface area contributed by atoms with Crippen molar-refractivity contribution in [3.05, 3.63) is 56.9 Å². The molecule has 0 spiro atoms. The summed E-state index contributed by atoms with van der Waals surface area (Å²) in [5, 5.41) is 10.9. The van der Waals surface area contributed by atoms with Crippen molar-refractivity contribution in [2.45, 2.75) is 45.4 Å². The number of pyridine rings is 2. The average Bonchev–Trinajstić information content (AvgIpc) is 3.32. The van der Waals surface area contributed by atoms with Gasteiger partial charge in [-0.3, -0.25) is 9.59 Å². The summed E-state index contributed by atoms with van der Waals surface area (Å²) in [6, 6.07) is 6.73. The third kappa shape index (κ3) is 3.67. The first kappa shape index (κ1) is 24.9. The number of aromatic nitrogens is 2. The lowest BCUT2D eigenvalue weighted by Gasteiger charge is -2.38. The van der Waals surface area contributed by atoms with Crippen LogP contribution in [0.1, 0.15) is 42.5 Å². The number of nitrogens with zero attached hydrogens (tertiary/aromatic N) is 4. The summed E-state index contributed by atoms with van der Waals surface area (Å²) < 4.78 is 13.0. The highest BCUT2D eigenvalue weighted by molar-refractivity contribution is 5.90. The SMILES string of the molecule is CCc1c2c(nc3ccc(O)cc13)-c1cc3c(c(=O)n1C2)COC(=O)C3(CC)OC(=O)N1CCN(C=O)CC1. The van der Waals surface area contributed by atoms with Gasteiger partial charge in [0, 0.05) is 42.7 Å². The number of aryl methyl sites for hydroxylation is 1. The number of carbonyl (C=O) groups is 3. The van der Waals surface area contributed by atoms with Crippen LogP contribution in [0, 0.1) is 0 Å². The van der Waals surface area contributed by atoms with Gasteiger partial charge in [-0.2, -0.15) is 0 Å². The van der Waals surface area contributed by atoms with Crippen LogP contribution in [0.15, 0.2) is 29.1 Å². The van der Waals surface area contributed by atoms with E-state index in [1.807, 2.05) is 6.92 Å². The van der Waals surface area contributed by atoms with Crippen LogP contribution in [-0.4, -0.2) is 69.1 Å². The van der Waals surface area contributed by atoms with Gasteiger partial charge in [0.1, 0.15) is 12.4 Å². The predicted octanol–water partition coefficient (Wildman–Crippen LogP) is 2.27. The fraction of sp³-hybridized carbons (Fsp3) is 0.393. The number of cyclic esters (lactones) is 1. The minimum atomic E-state index is -1.79. The second kappa shape index (κ2) is 9.11. The Morgan fingerprint density at radius 2 is 1.92 bits per heavy atom. The number of phenolic OH excluding ortho intramolecular Hbond substituents is 1. The Labute approximate surface area is 223 Å². The van der Waals surface area contributed by atoms with Crippen molar-refractivity contribution in [1.82, 2.24) is 19.4 Å². The Kier molecular flexibility index (Phi) is 5.81. The zero-order chi connectivity index (χ0) is 27.5. The summed E-state index contributed by atoms with van der Waals surface area (Å²) in [7, 11) is 0. The number of fused-ring (bicyclic) bond motifs is 5. The summed E-state index contributed by atoms with van der Waals surface area (Å²) in [6.07, 6.45) is 0.772. The summed E-state index contributed by atoms with van der Waals surface area (Å²) >= 11 is 0. The molecule has 2 amide bonds. The Morgan fingerprint density at radius 1 is 1.15 bits per heavy atom. The Bertz CT molecular complexity index is 1610. The minimum absolute atomic E-state index is 0.0687. The molecule has 3 aromatic rings. The van der Waals surface area contributed by atoms with Crippen LogP contribution in [0.3, 0.4) is 0 Å². The van der Waals surface area contributed by atoms with E-state index in [1.165, 1.54) is 4.90 Å². The van der Waals surface area contributed by atoms with E-state index in [0.717, 1.165) is 22.9 Å². The van der Waals surface area contributed by atoms with Crippen LogP contribution >= 0.6 is 0 Å². The second-order valence-electron chi connectivity index (χ2n) is 10.0. The van der Waals surface area contributed by atoms with Crippen LogP contribution in [0.25, 0.3) is 22.3 Å². The molecule has 5 heterocycles. The standard InChI is InChI=1S/C28H28N4O7/c1-3-17-18-11-16(34)5-6-22(18)29-24-19(17)13-32-23(24)12-21-20(25(32)35)14-38-26(36)28(21,4-2)39-27(37)31-9-7-30(15-33)8-10-31/h5-6,11-12,15,34H,3-4,7-10,13-14H2,1-2H3. The molecule has 202 valence electrons. The minimum Gasteiger partial charge on any atom is -0.508 e. The molecule has 0 radical (unpaired) electrons. The Balaban J connectivity index is 1.47. The Morgan fingerprint density at radius 3 is 2.62 bits per heavy atom. The maximum atomic E-state index is 13.8. The van der Waals surface area contributed by atoms with Crippen molar-refractivity contribution < 1.29 is 29.0 Å². The van der Waals surface area contributed by atoms with Gasteiger partial charge in [0.15, 0.2) is 0 Å². The van der Waals surface area contributed by atoms with Gasteiger partial charge in [0.25, 0.3) is 5.56 Å². The molecule has 3 aliphatic rings. The third-order valence-corrected chi connectivity index (χ3v) is 8.09. The van der Waals surface area contributed by atoms with E-state index in [9.17, 15) is 24.3 Å². The molecule has 11 heteroatoms. The highest BCUT2D eigenvalue weighted by Gasteiger charge is 2.51. The molecule has 1 unspecified atom stereocenters. The molecular weight excluding hydrogens is 504 g/mol. The number of ether oxygens (including phenoxy) is 2. The number of hydrogen-bond donors (Lipinski definition) is 1. The molecule has 6 rings (SSSR count). The average molecular weight is 533 g/mol. The van der Waals surface area contributed by atoms with Gasteiger partial charge in [-0.15, -0.1) is 0 Å². The van der Waals surface area contributed by atoms with Gasteiger partial charge in [-0.1, -0.05) is 13.8 Å². The van der Waals surface area contributed by atoms with Crippen LogP contribution in [-0.2, 0) is 44.2 Å². The van der Waals surface area contributed by atoms with E-state index in [1.54, 1.807) is 40.7 Å². The number of carbonyl (C=O) groups excluding carboxylic acids is 3. The largest absolute Gasteiger partial charge is 0.508 e. The monoisotopic (exact) mass is 532 g/mol. The maximum absolute atomic E-state index is 13.8. The van der Waals surface area contributed by atoms with Crippen molar-refractivity contribution >= 4 is 29.4 Å². The molecule has 39 heavy (non-hydrogen) atoms. The number of aromatic hydroxyl groups is 1. The van der Waals surface area contributed by atoms with E-state index < -0.39 is 17.7 Å². The van der Waals surface area contributed by atoms with Gasteiger partial charge in [0.2, 0.25) is 12.0 Å². The van der Waals surface area contributed by atoms with E-state index >= 15 is 0 Å². The number of amides is 2. The number of phenols is 1.